The quantitative estimate of drug-likeness (QED) is 0.809. The van der Waals surface area contributed by atoms with Crippen molar-refractivity contribution in [1.82, 2.24) is 10.3 Å². The summed E-state index contributed by atoms with van der Waals surface area (Å²) in [6.07, 6.45) is 4.24. The molecule has 1 aromatic rings. The molecule has 2 rings (SSSR count). The van der Waals surface area contributed by atoms with Gasteiger partial charge in [0.1, 0.15) is 0 Å². The van der Waals surface area contributed by atoms with E-state index in [0.717, 1.165) is 17.8 Å². The first-order valence-electron chi connectivity index (χ1n) is 5.67. The largest absolute Gasteiger partial charge is 0.380 e. The van der Waals surface area contributed by atoms with Gasteiger partial charge in [-0.3, -0.25) is 9.78 Å². The van der Waals surface area contributed by atoms with Crippen molar-refractivity contribution >= 4 is 11.6 Å². The molecular weight excluding hydrogens is 218 g/mol. The fourth-order valence-corrected chi connectivity index (χ4v) is 1.94. The van der Waals surface area contributed by atoms with Crippen molar-refractivity contribution < 1.29 is 9.53 Å². The molecule has 2 heterocycles. The van der Waals surface area contributed by atoms with Crippen molar-refractivity contribution in [2.45, 2.75) is 25.5 Å². The monoisotopic (exact) mass is 235 g/mol. The Morgan fingerprint density at radius 3 is 3.06 bits per heavy atom. The van der Waals surface area contributed by atoms with E-state index in [4.69, 9.17) is 4.74 Å². The van der Waals surface area contributed by atoms with Crippen molar-refractivity contribution in [2.24, 2.45) is 0 Å². The third-order valence-electron chi connectivity index (χ3n) is 2.88. The maximum Gasteiger partial charge on any atom is 0.241 e. The van der Waals surface area contributed by atoms with E-state index in [9.17, 15) is 4.79 Å². The third-order valence-corrected chi connectivity index (χ3v) is 2.88. The van der Waals surface area contributed by atoms with Crippen LogP contribution in [0.2, 0.25) is 0 Å². The van der Waals surface area contributed by atoms with Crippen molar-refractivity contribution in [1.29, 1.82) is 0 Å². The molecule has 17 heavy (non-hydrogen) atoms. The van der Waals surface area contributed by atoms with Gasteiger partial charge < -0.3 is 15.4 Å². The highest BCUT2D eigenvalue weighted by atomic mass is 16.5. The minimum Gasteiger partial charge on any atom is -0.380 e. The van der Waals surface area contributed by atoms with Gasteiger partial charge in [0.05, 0.1) is 24.0 Å². The Balaban J connectivity index is 1.93. The summed E-state index contributed by atoms with van der Waals surface area (Å²) in [5.41, 5.74) is 1.76. The molecule has 5 nitrogen and oxygen atoms in total. The second-order valence-electron chi connectivity index (χ2n) is 4.29. The molecule has 0 aromatic carbocycles. The van der Waals surface area contributed by atoms with Gasteiger partial charge in [-0.05, 0) is 25.0 Å². The predicted molar refractivity (Wildman–Crippen MR) is 64.8 cm³/mol. The third kappa shape index (κ3) is 3.01. The van der Waals surface area contributed by atoms with Gasteiger partial charge in [-0.1, -0.05) is 0 Å². The standard InChI is InChI=1S/C12H17N3O2/c1-8-3-9(6-13-5-8)15-12(16)11-4-10(17-2)7-14-11/h3,5-6,10-11,14H,4,7H2,1-2H3,(H,15,16). The summed E-state index contributed by atoms with van der Waals surface area (Å²) in [4.78, 5) is 16.0. The SMILES string of the molecule is COC1CNC(C(=O)Nc2cncc(C)c2)C1. The lowest BCUT2D eigenvalue weighted by Crippen LogP contribution is -2.35. The molecule has 0 aliphatic carbocycles. The van der Waals surface area contributed by atoms with E-state index in [2.05, 4.69) is 15.6 Å². The van der Waals surface area contributed by atoms with Gasteiger partial charge >= 0.3 is 0 Å². The Labute approximate surface area is 101 Å². The molecule has 5 heteroatoms. The number of nitrogens with one attached hydrogen (secondary N) is 2. The number of methoxy groups -OCH3 is 1. The van der Waals surface area contributed by atoms with E-state index in [1.54, 1.807) is 19.5 Å². The second kappa shape index (κ2) is 5.25. The average molecular weight is 235 g/mol. The Morgan fingerprint density at radius 1 is 1.59 bits per heavy atom. The zero-order valence-corrected chi connectivity index (χ0v) is 10.1. The summed E-state index contributed by atoms with van der Waals surface area (Å²) in [5, 5.41) is 5.98. The maximum absolute atomic E-state index is 11.9. The number of carbonyl (C=O) groups is 1. The fourth-order valence-electron chi connectivity index (χ4n) is 1.94. The molecule has 1 fully saturated rings. The van der Waals surface area contributed by atoms with E-state index in [1.807, 2.05) is 13.0 Å². The molecule has 1 aliphatic rings. The number of carbonyl (C=O) groups excluding carboxylic acids is 1. The molecule has 92 valence electrons. The van der Waals surface area contributed by atoms with Gasteiger partial charge in [0.15, 0.2) is 0 Å². The molecule has 1 amide bonds. The van der Waals surface area contributed by atoms with Gasteiger partial charge in [0.25, 0.3) is 0 Å². The van der Waals surface area contributed by atoms with Crippen LogP contribution in [0.15, 0.2) is 18.5 Å². The normalized spacial score (nSPS) is 23.6. The van der Waals surface area contributed by atoms with Crippen LogP contribution in [0.3, 0.4) is 0 Å². The summed E-state index contributed by atoms with van der Waals surface area (Å²) >= 11 is 0. The zero-order chi connectivity index (χ0) is 12.3. The predicted octanol–water partition coefficient (Wildman–Crippen LogP) is 0.705. The summed E-state index contributed by atoms with van der Waals surface area (Å²) in [6, 6.07) is 1.72. The Hall–Kier alpha value is -1.46. The molecule has 1 aromatic heterocycles. The number of anilines is 1. The number of aryl methyl sites for hydroxylation is 1. The second-order valence-corrected chi connectivity index (χ2v) is 4.29. The Morgan fingerprint density at radius 2 is 2.41 bits per heavy atom. The first kappa shape index (κ1) is 12.0. The highest BCUT2D eigenvalue weighted by molar-refractivity contribution is 5.95. The van der Waals surface area contributed by atoms with Crippen LogP contribution in [0.1, 0.15) is 12.0 Å². The van der Waals surface area contributed by atoms with E-state index >= 15 is 0 Å². The molecule has 1 saturated heterocycles. The van der Waals surface area contributed by atoms with E-state index in [0.29, 0.717) is 6.42 Å². The molecule has 0 bridgehead atoms. The van der Waals surface area contributed by atoms with E-state index in [-0.39, 0.29) is 18.1 Å². The minimum atomic E-state index is -0.180. The van der Waals surface area contributed by atoms with Crippen LogP contribution < -0.4 is 10.6 Å². The lowest BCUT2D eigenvalue weighted by molar-refractivity contribution is -0.118. The first-order chi connectivity index (χ1) is 8.19. The van der Waals surface area contributed by atoms with Crippen LogP contribution in [-0.2, 0) is 9.53 Å². The lowest BCUT2D eigenvalue weighted by Gasteiger charge is -2.11. The Kier molecular flexibility index (Phi) is 3.71. The van der Waals surface area contributed by atoms with Crippen LogP contribution in [0, 0.1) is 6.92 Å². The molecule has 0 spiro atoms. The summed E-state index contributed by atoms with van der Waals surface area (Å²) < 4.78 is 5.21. The number of ether oxygens (including phenoxy) is 1. The van der Waals surface area contributed by atoms with Crippen LogP contribution in [0.25, 0.3) is 0 Å². The minimum absolute atomic E-state index is 0.0306. The smallest absolute Gasteiger partial charge is 0.241 e. The first-order valence-corrected chi connectivity index (χ1v) is 5.67. The van der Waals surface area contributed by atoms with Crippen molar-refractivity contribution in [3.05, 3.63) is 24.0 Å². The van der Waals surface area contributed by atoms with Crippen LogP contribution >= 0.6 is 0 Å². The number of hydrogen-bond donors (Lipinski definition) is 2. The summed E-state index contributed by atoms with van der Waals surface area (Å²) in [5.74, 6) is -0.0306. The van der Waals surface area contributed by atoms with Gasteiger partial charge in [-0.2, -0.15) is 0 Å². The van der Waals surface area contributed by atoms with Gasteiger partial charge in [0.2, 0.25) is 5.91 Å². The topological polar surface area (TPSA) is 63.2 Å². The molecule has 2 unspecified atom stereocenters. The highest BCUT2D eigenvalue weighted by Gasteiger charge is 2.29. The number of nitrogens with zero attached hydrogens (tertiary/aromatic N) is 1. The fraction of sp³-hybridized carbons (Fsp3) is 0.500. The lowest BCUT2D eigenvalue weighted by atomic mass is 10.2. The maximum atomic E-state index is 11.9. The average Bonchev–Trinajstić information content (AvgIpc) is 2.77. The van der Waals surface area contributed by atoms with Gasteiger partial charge in [0, 0.05) is 19.9 Å². The molecule has 1 aliphatic heterocycles. The van der Waals surface area contributed by atoms with Crippen LogP contribution in [-0.4, -0.2) is 36.7 Å². The van der Waals surface area contributed by atoms with E-state index < -0.39 is 0 Å². The summed E-state index contributed by atoms with van der Waals surface area (Å²) in [6.45, 7) is 2.66. The molecule has 2 N–H and O–H groups in total. The van der Waals surface area contributed by atoms with Crippen LogP contribution in [0.4, 0.5) is 5.69 Å². The van der Waals surface area contributed by atoms with Gasteiger partial charge in [-0.25, -0.2) is 0 Å². The van der Waals surface area contributed by atoms with Crippen LogP contribution in [0.5, 0.6) is 0 Å². The molecule has 0 radical (unpaired) electrons. The van der Waals surface area contributed by atoms with Crippen molar-refractivity contribution in [3.63, 3.8) is 0 Å². The number of amides is 1. The molecular formula is C12H17N3O2. The highest BCUT2D eigenvalue weighted by Crippen LogP contribution is 2.13. The number of rotatable bonds is 3. The van der Waals surface area contributed by atoms with Crippen molar-refractivity contribution in [3.8, 4) is 0 Å². The zero-order valence-electron chi connectivity index (χ0n) is 10.1. The van der Waals surface area contributed by atoms with Gasteiger partial charge in [-0.15, -0.1) is 0 Å². The molecule has 2 atom stereocenters. The molecule has 0 saturated carbocycles. The number of aromatic nitrogens is 1. The summed E-state index contributed by atoms with van der Waals surface area (Å²) in [7, 11) is 1.66. The number of pyridine rings is 1. The van der Waals surface area contributed by atoms with Crippen molar-refractivity contribution in [2.75, 3.05) is 19.0 Å². The Bertz CT molecular complexity index is 408. The number of hydrogen-bond acceptors (Lipinski definition) is 4. The van der Waals surface area contributed by atoms with E-state index in [1.165, 1.54) is 0 Å².